The summed E-state index contributed by atoms with van der Waals surface area (Å²) in [5.74, 6) is 0.644. The van der Waals surface area contributed by atoms with E-state index in [1.165, 1.54) is 6.39 Å². The smallest absolute Gasteiger partial charge is 0.181 e. The van der Waals surface area contributed by atoms with E-state index in [1.54, 1.807) is 6.20 Å². The second-order valence-corrected chi connectivity index (χ2v) is 5.67. The molecule has 4 aromatic rings. The summed E-state index contributed by atoms with van der Waals surface area (Å²) in [5, 5.41) is 3.26. The van der Waals surface area contributed by atoms with E-state index in [0.29, 0.717) is 10.4 Å². The van der Waals surface area contributed by atoms with E-state index < -0.39 is 0 Å². The number of anilines is 2. The van der Waals surface area contributed by atoms with Gasteiger partial charge in [0.25, 0.3) is 0 Å². The molecule has 0 radical (unpaired) electrons. The molecule has 0 amide bonds. The van der Waals surface area contributed by atoms with Gasteiger partial charge in [-0.15, -0.1) is 0 Å². The van der Waals surface area contributed by atoms with Crippen LogP contribution in [0.25, 0.3) is 22.4 Å². The first-order valence-corrected chi connectivity index (χ1v) is 7.77. The zero-order chi connectivity index (χ0) is 15.6. The summed E-state index contributed by atoms with van der Waals surface area (Å²) in [4.78, 5) is 13.1. The van der Waals surface area contributed by atoms with E-state index >= 15 is 0 Å². The number of hydrogen-bond donors (Lipinski definition) is 1. The number of oxazole rings is 1. The van der Waals surface area contributed by atoms with Crippen LogP contribution in [0.15, 0.2) is 70.1 Å². The largest absolute Gasteiger partial charge is 0.443 e. The van der Waals surface area contributed by atoms with Crippen molar-refractivity contribution in [3.05, 3.63) is 65.7 Å². The third-order valence-electron chi connectivity index (χ3n) is 3.39. The molecule has 6 heteroatoms. The first kappa shape index (κ1) is 13.9. The third-order valence-corrected chi connectivity index (χ3v) is 3.97. The third kappa shape index (κ3) is 2.80. The van der Waals surface area contributed by atoms with Gasteiger partial charge in [-0.1, -0.05) is 30.3 Å². The lowest BCUT2D eigenvalue weighted by atomic mass is 10.2. The average molecular weight is 367 g/mol. The van der Waals surface area contributed by atoms with Crippen molar-refractivity contribution in [2.45, 2.75) is 0 Å². The number of hydrogen-bond acceptors (Lipinski definition) is 5. The highest BCUT2D eigenvalue weighted by Crippen LogP contribution is 2.27. The zero-order valence-corrected chi connectivity index (χ0v) is 13.5. The van der Waals surface area contributed by atoms with Gasteiger partial charge < -0.3 is 9.73 Å². The van der Waals surface area contributed by atoms with E-state index in [0.717, 1.165) is 28.0 Å². The Labute approximate surface area is 140 Å². The maximum atomic E-state index is 5.32. The van der Waals surface area contributed by atoms with Crippen LogP contribution in [0.3, 0.4) is 0 Å². The summed E-state index contributed by atoms with van der Waals surface area (Å²) in [6.07, 6.45) is 3.17. The lowest BCUT2D eigenvalue weighted by Crippen LogP contribution is -1.98. The Hall–Kier alpha value is -2.73. The average Bonchev–Trinajstić information content (AvgIpc) is 3.05. The van der Waals surface area contributed by atoms with E-state index in [9.17, 15) is 0 Å². The number of benzene rings is 2. The van der Waals surface area contributed by atoms with Gasteiger partial charge in [-0.05, 0) is 28.1 Å². The number of aromatic nitrogens is 3. The van der Waals surface area contributed by atoms with Crippen molar-refractivity contribution in [2.24, 2.45) is 0 Å². The quantitative estimate of drug-likeness (QED) is 0.564. The molecule has 2 aromatic carbocycles. The van der Waals surface area contributed by atoms with Gasteiger partial charge >= 0.3 is 0 Å². The summed E-state index contributed by atoms with van der Waals surface area (Å²) in [7, 11) is 0. The van der Waals surface area contributed by atoms with Crippen LogP contribution in [0.1, 0.15) is 0 Å². The molecule has 23 heavy (non-hydrogen) atoms. The molecule has 2 heterocycles. The normalized spacial score (nSPS) is 10.8. The lowest BCUT2D eigenvalue weighted by Gasteiger charge is -2.09. The molecule has 2 aromatic heterocycles. The van der Waals surface area contributed by atoms with Crippen LogP contribution in [0, 0.1) is 0 Å². The van der Waals surface area contributed by atoms with Crippen LogP contribution >= 0.6 is 15.9 Å². The van der Waals surface area contributed by atoms with E-state index in [1.807, 2.05) is 48.5 Å². The highest BCUT2D eigenvalue weighted by atomic mass is 79.9. The molecule has 5 nitrogen and oxygen atoms in total. The predicted molar refractivity (Wildman–Crippen MR) is 92.5 cm³/mol. The first-order valence-electron chi connectivity index (χ1n) is 6.98. The van der Waals surface area contributed by atoms with E-state index in [-0.39, 0.29) is 0 Å². The highest BCUT2D eigenvalue weighted by molar-refractivity contribution is 9.10. The second-order valence-electron chi connectivity index (χ2n) is 4.92. The second kappa shape index (κ2) is 5.81. The standard InChI is InChI=1S/C17H11BrN4O/c18-16-17(21-12-6-7-13-15(8-12)23-10-20-13)22-14(9-19-16)11-4-2-1-3-5-11/h1-10H,(H,21,22). The maximum Gasteiger partial charge on any atom is 0.181 e. The molecule has 0 saturated carbocycles. The topological polar surface area (TPSA) is 63.8 Å². The SMILES string of the molecule is Brc1ncc(-c2ccccc2)nc1Nc1ccc2ncoc2c1. The fourth-order valence-electron chi connectivity index (χ4n) is 2.27. The number of nitrogens with one attached hydrogen (secondary N) is 1. The minimum Gasteiger partial charge on any atom is -0.443 e. The Morgan fingerprint density at radius 1 is 1.00 bits per heavy atom. The predicted octanol–water partition coefficient (Wildman–Crippen LogP) is 4.79. The minimum atomic E-state index is 0.644. The summed E-state index contributed by atoms with van der Waals surface area (Å²) in [6.45, 7) is 0. The van der Waals surface area contributed by atoms with Gasteiger partial charge in [-0.3, -0.25) is 0 Å². The van der Waals surface area contributed by atoms with Crippen molar-refractivity contribution in [1.29, 1.82) is 0 Å². The molecule has 0 aliphatic heterocycles. The van der Waals surface area contributed by atoms with Gasteiger partial charge in [0.2, 0.25) is 0 Å². The Bertz CT molecular complexity index is 969. The summed E-state index contributed by atoms with van der Waals surface area (Å²) in [6, 6.07) is 15.6. The number of rotatable bonds is 3. The molecule has 0 fully saturated rings. The van der Waals surface area contributed by atoms with E-state index in [2.05, 4.69) is 36.2 Å². The molecular formula is C17H11BrN4O. The van der Waals surface area contributed by atoms with Crippen LogP contribution in [-0.2, 0) is 0 Å². The van der Waals surface area contributed by atoms with Crippen LogP contribution in [0.2, 0.25) is 0 Å². The molecule has 1 N–H and O–H groups in total. The molecule has 0 saturated heterocycles. The Kier molecular flexibility index (Phi) is 3.51. The van der Waals surface area contributed by atoms with Gasteiger partial charge in [0.05, 0.1) is 11.9 Å². The molecule has 4 rings (SSSR count). The summed E-state index contributed by atoms with van der Waals surface area (Å²) >= 11 is 3.43. The lowest BCUT2D eigenvalue weighted by molar-refractivity contribution is 0.602. The Morgan fingerprint density at radius 3 is 2.74 bits per heavy atom. The van der Waals surface area contributed by atoms with Crippen molar-refractivity contribution < 1.29 is 4.42 Å². The Balaban J connectivity index is 1.70. The zero-order valence-electron chi connectivity index (χ0n) is 11.9. The first-order chi connectivity index (χ1) is 11.3. The molecular weight excluding hydrogens is 356 g/mol. The van der Waals surface area contributed by atoms with Crippen LogP contribution in [0.4, 0.5) is 11.5 Å². The van der Waals surface area contributed by atoms with Crippen molar-refractivity contribution in [3.8, 4) is 11.3 Å². The number of nitrogens with zero attached hydrogens (tertiary/aromatic N) is 3. The molecule has 0 aliphatic rings. The Morgan fingerprint density at radius 2 is 1.87 bits per heavy atom. The van der Waals surface area contributed by atoms with Crippen molar-refractivity contribution in [2.75, 3.05) is 5.32 Å². The van der Waals surface area contributed by atoms with Crippen molar-refractivity contribution >= 4 is 38.5 Å². The monoisotopic (exact) mass is 366 g/mol. The molecule has 0 atom stereocenters. The van der Waals surface area contributed by atoms with Crippen LogP contribution in [-0.4, -0.2) is 15.0 Å². The van der Waals surface area contributed by atoms with Gasteiger partial charge in [0.1, 0.15) is 10.1 Å². The van der Waals surface area contributed by atoms with Gasteiger partial charge in [-0.2, -0.15) is 0 Å². The van der Waals surface area contributed by atoms with Gasteiger partial charge in [0.15, 0.2) is 17.8 Å². The van der Waals surface area contributed by atoms with E-state index in [4.69, 9.17) is 4.42 Å². The summed E-state index contributed by atoms with van der Waals surface area (Å²) < 4.78 is 5.97. The molecule has 0 unspecified atom stereocenters. The number of fused-ring (bicyclic) bond motifs is 1. The molecule has 0 aliphatic carbocycles. The molecule has 0 spiro atoms. The van der Waals surface area contributed by atoms with Crippen molar-refractivity contribution in [3.63, 3.8) is 0 Å². The molecule has 0 bridgehead atoms. The minimum absolute atomic E-state index is 0.644. The van der Waals surface area contributed by atoms with Crippen LogP contribution < -0.4 is 5.32 Å². The van der Waals surface area contributed by atoms with Gasteiger partial charge in [0, 0.05) is 17.3 Å². The highest BCUT2D eigenvalue weighted by Gasteiger charge is 2.08. The fraction of sp³-hybridized carbons (Fsp3) is 0. The number of halogens is 1. The van der Waals surface area contributed by atoms with Crippen molar-refractivity contribution in [1.82, 2.24) is 15.0 Å². The fourth-order valence-corrected chi connectivity index (χ4v) is 2.56. The van der Waals surface area contributed by atoms with Crippen LogP contribution in [0.5, 0.6) is 0 Å². The summed E-state index contributed by atoms with van der Waals surface area (Å²) in [5.41, 5.74) is 4.21. The van der Waals surface area contributed by atoms with Gasteiger partial charge in [-0.25, -0.2) is 15.0 Å². The maximum absolute atomic E-state index is 5.32. The molecule has 112 valence electrons.